The van der Waals surface area contributed by atoms with Gasteiger partial charge in [0, 0.05) is 18.7 Å². The van der Waals surface area contributed by atoms with Crippen LogP contribution in [0.1, 0.15) is 35.3 Å². The highest BCUT2D eigenvalue weighted by atomic mass is 16.5. The normalized spacial score (nSPS) is 17.5. The van der Waals surface area contributed by atoms with Gasteiger partial charge in [0.1, 0.15) is 0 Å². The van der Waals surface area contributed by atoms with Crippen molar-refractivity contribution in [3.05, 3.63) is 65.7 Å². The van der Waals surface area contributed by atoms with Crippen molar-refractivity contribution in [2.75, 3.05) is 19.0 Å². The number of esters is 1. The Morgan fingerprint density at radius 2 is 1.78 bits per heavy atom. The number of anilines is 1. The van der Waals surface area contributed by atoms with E-state index in [4.69, 9.17) is 0 Å². The fraction of sp³-hybridized carbons (Fsp3) is 0.286. The summed E-state index contributed by atoms with van der Waals surface area (Å²) >= 11 is 0. The number of methoxy groups -OCH3 is 1. The van der Waals surface area contributed by atoms with E-state index in [0.717, 1.165) is 5.56 Å². The van der Waals surface area contributed by atoms with E-state index in [0.29, 0.717) is 17.8 Å². The number of hydrogen-bond acceptors (Lipinski definition) is 4. The summed E-state index contributed by atoms with van der Waals surface area (Å²) in [5, 5.41) is 2.82. The molecule has 0 unspecified atom stereocenters. The first-order valence-electron chi connectivity index (χ1n) is 8.83. The zero-order valence-electron chi connectivity index (χ0n) is 15.3. The molecule has 0 aromatic heterocycles. The van der Waals surface area contributed by atoms with Crippen molar-refractivity contribution >= 4 is 23.5 Å². The van der Waals surface area contributed by atoms with Crippen molar-refractivity contribution in [2.24, 2.45) is 5.92 Å². The van der Waals surface area contributed by atoms with Crippen molar-refractivity contribution in [1.29, 1.82) is 0 Å². The Labute approximate surface area is 158 Å². The summed E-state index contributed by atoms with van der Waals surface area (Å²) in [5.74, 6) is -1.05. The molecule has 1 aliphatic rings. The number of hydrogen-bond donors (Lipinski definition) is 1. The maximum absolute atomic E-state index is 12.6. The average Bonchev–Trinajstić information content (AvgIpc) is 3.10. The highest BCUT2D eigenvalue weighted by Crippen LogP contribution is 2.29. The van der Waals surface area contributed by atoms with Gasteiger partial charge in [-0.2, -0.15) is 0 Å². The quantitative estimate of drug-likeness (QED) is 0.826. The van der Waals surface area contributed by atoms with Crippen LogP contribution in [0.5, 0.6) is 0 Å². The second kappa shape index (κ2) is 8.03. The van der Waals surface area contributed by atoms with E-state index in [2.05, 4.69) is 10.1 Å². The Hall–Kier alpha value is -3.15. The minimum Gasteiger partial charge on any atom is -0.465 e. The molecule has 0 radical (unpaired) electrons. The van der Waals surface area contributed by atoms with Crippen LogP contribution in [0.2, 0.25) is 0 Å². The lowest BCUT2D eigenvalue weighted by atomic mass is 10.1. The van der Waals surface area contributed by atoms with Gasteiger partial charge in [-0.3, -0.25) is 9.59 Å². The van der Waals surface area contributed by atoms with E-state index >= 15 is 0 Å². The molecule has 2 aromatic rings. The maximum Gasteiger partial charge on any atom is 0.337 e. The molecule has 1 N–H and O–H groups in total. The van der Waals surface area contributed by atoms with Crippen molar-refractivity contribution in [3.63, 3.8) is 0 Å². The van der Waals surface area contributed by atoms with E-state index in [1.807, 2.05) is 37.3 Å². The van der Waals surface area contributed by atoms with Crippen LogP contribution in [0.4, 0.5) is 5.69 Å². The van der Waals surface area contributed by atoms with E-state index < -0.39 is 11.9 Å². The molecule has 0 saturated carbocycles. The molecule has 2 amide bonds. The highest BCUT2D eigenvalue weighted by molar-refractivity contribution is 5.97. The van der Waals surface area contributed by atoms with Gasteiger partial charge >= 0.3 is 5.97 Å². The molecule has 0 bridgehead atoms. The van der Waals surface area contributed by atoms with Crippen LogP contribution in [0, 0.1) is 5.92 Å². The lowest BCUT2D eigenvalue weighted by Crippen LogP contribution is -2.30. The number of benzene rings is 2. The fourth-order valence-corrected chi connectivity index (χ4v) is 3.24. The largest absolute Gasteiger partial charge is 0.465 e. The fourth-order valence-electron chi connectivity index (χ4n) is 3.24. The van der Waals surface area contributed by atoms with Gasteiger partial charge in [-0.1, -0.05) is 30.3 Å². The number of carbonyl (C=O) groups is 3. The molecule has 6 nitrogen and oxygen atoms in total. The molecule has 27 heavy (non-hydrogen) atoms. The molecule has 0 spiro atoms. The molecule has 1 fully saturated rings. The Morgan fingerprint density at radius 3 is 2.41 bits per heavy atom. The van der Waals surface area contributed by atoms with E-state index in [1.54, 1.807) is 29.2 Å². The lowest BCUT2D eigenvalue weighted by molar-refractivity contribution is -0.129. The van der Waals surface area contributed by atoms with Gasteiger partial charge in [-0.05, 0) is 36.8 Å². The first-order valence-corrected chi connectivity index (χ1v) is 8.83. The van der Waals surface area contributed by atoms with Crippen LogP contribution in [0.15, 0.2) is 54.6 Å². The SMILES string of the molecule is COC(=O)c1ccc(NC(=O)[C@@H]2CC(=O)N([C@@H](C)c3ccccc3)C2)cc1. The van der Waals surface area contributed by atoms with Gasteiger partial charge < -0.3 is 15.0 Å². The molecule has 0 aliphatic carbocycles. The van der Waals surface area contributed by atoms with Crippen molar-refractivity contribution in [3.8, 4) is 0 Å². The van der Waals surface area contributed by atoms with Gasteiger partial charge in [0.25, 0.3) is 0 Å². The second-order valence-electron chi connectivity index (χ2n) is 6.59. The molecular weight excluding hydrogens is 344 g/mol. The number of nitrogens with one attached hydrogen (secondary N) is 1. The molecule has 2 aromatic carbocycles. The number of amides is 2. The Balaban J connectivity index is 1.63. The summed E-state index contributed by atoms with van der Waals surface area (Å²) in [6.07, 6.45) is 0.198. The van der Waals surface area contributed by atoms with Gasteiger partial charge in [0.05, 0.1) is 24.6 Å². The van der Waals surface area contributed by atoms with Crippen LogP contribution in [-0.2, 0) is 14.3 Å². The van der Waals surface area contributed by atoms with Crippen molar-refractivity contribution < 1.29 is 19.1 Å². The third-order valence-corrected chi connectivity index (χ3v) is 4.85. The Bertz CT molecular complexity index is 833. The standard InChI is InChI=1S/C21H22N2O4/c1-14(15-6-4-3-5-7-15)23-13-17(12-19(23)24)20(25)22-18-10-8-16(9-11-18)21(26)27-2/h3-11,14,17H,12-13H2,1-2H3,(H,22,25)/t14-,17+/m0/s1. The molecule has 1 saturated heterocycles. The monoisotopic (exact) mass is 366 g/mol. The van der Waals surface area contributed by atoms with Crippen LogP contribution in [0.3, 0.4) is 0 Å². The second-order valence-corrected chi connectivity index (χ2v) is 6.59. The first kappa shape index (κ1) is 18.6. The van der Waals surface area contributed by atoms with E-state index in [9.17, 15) is 14.4 Å². The zero-order chi connectivity index (χ0) is 19.4. The lowest BCUT2D eigenvalue weighted by Gasteiger charge is -2.25. The summed E-state index contributed by atoms with van der Waals surface area (Å²) < 4.78 is 4.65. The number of ether oxygens (including phenoxy) is 1. The van der Waals surface area contributed by atoms with Gasteiger partial charge in [-0.15, -0.1) is 0 Å². The van der Waals surface area contributed by atoms with Crippen LogP contribution in [0.25, 0.3) is 0 Å². The predicted molar refractivity (Wildman–Crippen MR) is 101 cm³/mol. The molecule has 1 aliphatic heterocycles. The predicted octanol–water partition coefficient (Wildman–Crippen LogP) is 3.02. The molecular formula is C21H22N2O4. The van der Waals surface area contributed by atoms with Gasteiger partial charge in [-0.25, -0.2) is 4.79 Å². The van der Waals surface area contributed by atoms with Gasteiger partial charge in [0.15, 0.2) is 0 Å². The number of rotatable bonds is 5. The van der Waals surface area contributed by atoms with Crippen LogP contribution < -0.4 is 5.32 Å². The first-order chi connectivity index (χ1) is 13.0. The maximum atomic E-state index is 12.6. The van der Waals surface area contributed by atoms with Crippen molar-refractivity contribution in [2.45, 2.75) is 19.4 Å². The minimum absolute atomic E-state index is 0.0208. The number of carbonyl (C=O) groups excluding carboxylic acids is 3. The molecule has 140 valence electrons. The Kier molecular flexibility index (Phi) is 5.54. The van der Waals surface area contributed by atoms with Crippen LogP contribution >= 0.6 is 0 Å². The summed E-state index contributed by atoms with van der Waals surface area (Å²) in [6, 6.07) is 16.2. The number of nitrogens with zero attached hydrogens (tertiary/aromatic N) is 1. The summed E-state index contributed by atoms with van der Waals surface area (Å²) in [5.41, 5.74) is 2.04. The highest BCUT2D eigenvalue weighted by Gasteiger charge is 2.37. The van der Waals surface area contributed by atoms with E-state index in [-0.39, 0.29) is 24.3 Å². The molecule has 6 heteroatoms. The zero-order valence-corrected chi connectivity index (χ0v) is 15.3. The molecule has 1 heterocycles. The summed E-state index contributed by atoms with van der Waals surface area (Å²) in [4.78, 5) is 38.2. The average molecular weight is 366 g/mol. The van der Waals surface area contributed by atoms with Crippen molar-refractivity contribution in [1.82, 2.24) is 4.90 Å². The molecule has 2 atom stereocenters. The summed E-state index contributed by atoms with van der Waals surface area (Å²) in [7, 11) is 1.32. The third-order valence-electron chi connectivity index (χ3n) is 4.85. The topological polar surface area (TPSA) is 75.7 Å². The molecule has 3 rings (SSSR count). The smallest absolute Gasteiger partial charge is 0.337 e. The van der Waals surface area contributed by atoms with Crippen LogP contribution in [-0.4, -0.2) is 36.3 Å². The number of likely N-dealkylation sites (tertiary alicyclic amines) is 1. The minimum atomic E-state index is -0.431. The summed E-state index contributed by atoms with van der Waals surface area (Å²) in [6.45, 7) is 2.36. The third kappa shape index (κ3) is 4.16. The van der Waals surface area contributed by atoms with Gasteiger partial charge in [0.2, 0.25) is 11.8 Å². The Morgan fingerprint density at radius 1 is 1.11 bits per heavy atom. The van der Waals surface area contributed by atoms with E-state index in [1.165, 1.54) is 7.11 Å².